The van der Waals surface area contributed by atoms with Crippen molar-refractivity contribution in [3.05, 3.63) is 77.5 Å². The Labute approximate surface area is 213 Å². The minimum absolute atomic E-state index is 0.0417. The van der Waals surface area contributed by atoms with Crippen molar-refractivity contribution in [3.8, 4) is 0 Å². The van der Waals surface area contributed by atoms with E-state index >= 15 is 0 Å². The van der Waals surface area contributed by atoms with E-state index in [0.29, 0.717) is 46.8 Å². The van der Waals surface area contributed by atoms with Crippen molar-refractivity contribution in [1.82, 2.24) is 19.4 Å². The normalized spacial score (nSPS) is 21.7. The molecule has 3 aliphatic rings. The first-order chi connectivity index (χ1) is 17.8. The van der Waals surface area contributed by atoms with Crippen LogP contribution in [-0.4, -0.2) is 33.6 Å². The molecule has 2 fully saturated rings. The molecule has 0 unspecified atom stereocenters. The van der Waals surface area contributed by atoms with Crippen LogP contribution in [-0.2, 0) is 16.6 Å². The molecule has 3 aromatic heterocycles. The third-order valence-corrected chi connectivity index (χ3v) is 8.47. The summed E-state index contributed by atoms with van der Waals surface area (Å²) in [7, 11) is -3.82. The zero-order chi connectivity index (χ0) is 25.3. The van der Waals surface area contributed by atoms with Gasteiger partial charge >= 0.3 is 0 Å². The molecule has 188 valence electrons. The van der Waals surface area contributed by atoms with Gasteiger partial charge in [0.15, 0.2) is 11.5 Å². The predicted molar refractivity (Wildman–Crippen MR) is 137 cm³/mol. The third-order valence-electron chi connectivity index (χ3n) is 7.13. The lowest BCUT2D eigenvalue weighted by Gasteiger charge is -2.19. The van der Waals surface area contributed by atoms with E-state index in [2.05, 4.69) is 30.0 Å². The number of amidine groups is 1. The number of nitrogens with zero attached hydrogens (tertiary/aromatic N) is 5. The lowest BCUT2D eigenvalue weighted by Crippen LogP contribution is -2.24. The number of pyridine rings is 1. The Bertz CT molecular complexity index is 1710. The van der Waals surface area contributed by atoms with Gasteiger partial charge in [-0.15, -0.1) is 4.40 Å². The average Bonchev–Trinajstić information content (AvgIpc) is 3.78. The molecule has 11 heteroatoms. The van der Waals surface area contributed by atoms with Gasteiger partial charge in [-0.3, -0.25) is 0 Å². The van der Waals surface area contributed by atoms with Gasteiger partial charge in [0.05, 0.1) is 17.9 Å². The molecule has 2 atom stereocenters. The molecular formula is C26H24FN7O2S. The van der Waals surface area contributed by atoms with E-state index < -0.39 is 10.0 Å². The van der Waals surface area contributed by atoms with Gasteiger partial charge in [0, 0.05) is 41.8 Å². The van der Waals surface area contributed by atoms with Crippen LogP contribution in [0.2, 0.25) is 0 Å². The number of halogens is 1. The summed E-state index contributed by atoms with van der Waals surface area (Å²) in [5.41, 5.74) is 4.06. The van der Waals surface area contributed by atoms with E-state index in [0.717, 1.165) is 30.5 Å². The summed E-state index contributed by atoms with van der Waals surface area (Å²) in [5, 5.41) is 6.50. The molecule has 2 aliphatic carbocycles. The van der Waals surface area contributed by atoms with Gasteiger partial charge < -0.3 is 15.0 Å². The van der Waals surface area contributed by atoms with Crippen LogP contribution in [0.15, 0.2) is 58.2 Å². The number of benzene rings is 1. The predicted octanol–water partition coefficient (Wildman–Crippen LogP) is 4.38. The molecule has 2 saturated carbocycles. The van der Waals surface area contributed by atoms with Crippen LogP contribution in [0, 0.1) is 18.7 Å². The smallest absolute Gasteiger partial charge is 0.286 e. The highest BCUT2D eigenvalue weighted by Gasteiger charge is 2.46. The molecule has 37 heavy (non-hydrogen) atoms. The van der Waals surface area contributed by atoms with Gasteiger partial charge in [0.1, 0.15) is 16.6 Å². The quantitative estimate of drug-likeness (QED) is 0.390. The van der Waals surface area contributed by atoms with E-state index in [1.165, 1.54) is 0 Å². The van der Waals surface area contributed by atoms with Crippen LogP contribution in [0.1, 0.15) is 53.9 Å². The Morgan fingerprint density at radius 3 is 2.81 bits per heavy atom. The molecule has 1 aliphatic heterocycles. The number of aromatic nitrogens is 4. The van der Waals surface area contributed by atoms with Crippen LogP contribution in [0.25, 0.3) is 5.65 Å². The minimum atomic E-state index is -3.82. The van der Waals surface area contributed by atoms with E-state index in [1.54, 1.807) is 34.9 Å². The molecule has 1 aromatic carbocycles. The van der Waals surface area contributed by atoms with Crippen LogP contribution in [0.5, 0.6) is 0 Å². The summed E-state index contributed by atoms with van der Waals surface area (Å²) in [5.74, 6) is 1.23. The standard InChI is InChI=1S/C26H24FN7O2S/c1-14-6-7-28-24(30-14)19-10-20(19)25-32-22-9-17(4-5-23(22)37(35,36)33-25)29-11-18-13-34-12-16(15-2-3-15)8-21(27)26(34)31-18/h4-9,12-13,15,19-20,29H,2-3,10-11H2,1H3,(H,32,33)/t19-,20-/m0/s1. The molecule has 0 bridgehead atoms. The Balaban J connectivity index is 1.09. The molecule has 0 spiro atoms. The lowest BCUT2D eigenvalue weighted by molar-refractivity contribution is 0.597. The van der Waals surface area contributed by atoms with Gasteiger partial charge in [0.25, 0.3) is 10.0 Å². The molecular weight excluding hydrogens is 493 g/mol. The van der Waals surface area contributed by atoms with Crippen LogP contribution in [0.3, 0.4) is 0 Å². The zero-order valence-electron chi connectivity index (χ0n) is 20.0. The molecule has 9 nitrogen and oxygen atoms in total. The zero-order valence-corrected chi connectivity index (χ0v) is 20.8. The first-order valence-corrected chi connectivity index (χ1v) is 13.7. The Kier molecular flexibility index (Phi) is 4.87. The monoisotopic (exact) mass is 517 g/mol. The highest BCUT2D eigenvalue weighted by molar-refractivity contribution is 7.90. The van der Waals surface area contributed by atoms with Gasteiger partial charge in [-0.25, -0.2) is 19.3 Å². The summed E-state index contributed by atoms with van der Waals surface area (Å²) in [6.07, 6.45) is 8.44. The van der Waals surface area contributed by atoms with Gasteiger partial charge in [-0.1, -0.05) is 0 Å². The van der Waals surface area contributed by atoms with E-state index in [-0.39, 0.29) is 22.5 Å². The van der Waals surface area contributed by atoms with Crippen molar-refractivity contribution in [1.29, 1.82) is 0 Å². The lowest BCUT2D eigenvalue weighted by atomic mass is 10.2. The maximum atomic E-state index is 14.5. The number of nitrogens with one attached hydrogen (secondary N) is 2. The number of aryl methyl sites for hydroxylation is 1. The van der Waals surface area contributed by atoms with Crippen LogP contribution < -0.4 is 10.6 Å². The summed E-state index contributed by atoms with van der Waals surface area (Å²) in [4.78, 5) is 13.4. The maximum absolute atomic E-state index is 14.5. The topological polar surface area (TPSA) is 114 Å². The Hall–Kier alpha value is -3.86. The molecule has 2 N–H and O–H groups in total. The maximum Gasteiger partial charge on any atom is 0.286 e. The summed E-state index contributed by atoms with van der Waals surface area (Å²) in [6.45, 7) is 2.27. The highest BCUT2D eigenvalue weighted by atomic mass is 32.2. The minimum Gasteiger partial charge on any atom is -0.379 e. The van der Waals surface area contributed by atoms with Crippen LogP contribution in [0.4, 0.5) is 15.8 Å². The van der Waals surface area contributed by atoms with Crippen molar-refractivity contribution in [2.45, 2.75) is 49.5 Å². The fraction of sp³-hybridized carbons (Fsp3) is 0.308. The van der Waals surface area contributed by atoms with E-state index in [1.807, 2.05) is 25.4 Å². The first kappa shape index (κ1) is 22.3. The number of anilines is 2. The number of sulfonamides is 1. The van der Waals surface area contributed by atoms with Crippen molar-refractivity contribution in [2.75, 3.05) is 10.6 Å². The molecule has 4 aromatic rings. The SMILES string of the molecule is Cc1ccnc([C@H]2C[C@@H]2C2=NS(=O)(=O)c3ccc(NCc4cn5cc(C6CC6)cc(F)c5n4)cc3N2)n1. The second-order valence-electron chi connectivity index (χ2n) is 10.0. The second-order valence-corrected chi connectivity index (χ2v) is 11.6. The van der Waals surface area contributed by atoms with Crippen molar-refractivity contribution >= 4 is 32.9 Å². The number of hydrogen-bond acceptors (Lipinski definition) is 7. The Morgan fingerprint density at radius 1 is 1.14 bits per heavy atom. The molecule has 0 saturated heterocycles. The Morgan fingerprint density at radius 2 is 2.00 bits per heavy atom. The van der Waals surface area contributed by atoms with Gasteiger partial charge in [-0.2, -0.15) is 8.42 Å². The summed E-state index contributed by atoms with van der Waals surface area (Å²) < 4.78 is 46.1. The molecule has 0 radical (unpaired) electrons. The van der Waals surface area contributed by atoms with Crippen molar-refractivity contribution < 1.29 is 12.8 Å². The number of rotatable bonds is 6. The molecule has 7 rings (SSSR count). The molecule has 0 amide bonds. The van der Waals surface area contributed by atoms with Gasteiger partial charge in [0.2, 0.25) is 0 Å². The van der Waals surface area contributed by atoms with Gasteiger partial charge in [-0.05, 0) is 68.0 Å². The highest BCUT2D eigenvalue weighted by Crippen LogP contribution is 2.48. The molecule has 4 heterocycles. The second kappa shape index (κ2) is 8.07. The number of fused-ring (bicyclic) bond motifs is 2. The average molecular weight is 518 g/mol. The summed E-state index contributed by atoms with van der Waals surface area (Å²) in [6, 6.07) is 8.41. The summed E-state index contributed by atoms with van der Waals surface area (Å²) >= 11 is 0. The fourth-order valence-electron chi connectivity index (χ4n) is 4.94. The largest absolute Gasteiger partial charge is 0.379 e. The fourth-order valence-corrected chi connectivity index (χ4v) is 6.10. The first-order valence-electron chi connectivity index (χ1n) is 12.3. The third kappa shape index (κ3) is 4.12. The van der Waals surface area contributed by atoms with Crippen LogP contribution >= 0.6 is 0 Å². The number of imidazole rings is 1. The van der Waals surface area contributed by atoms with Crippen molar-refractivity contribution in [3.63, 3.8) is 0 Å². The van der Waals surface area contributed by atoms with E-state index in [9.17, 15) is 12.8 Å². The van der Waals surface area contributed by atoms with Crippen molar-refractivity contribution in [2.24, 2.45) is 10.3 Å². The number of hydrogen-bond donors (Lipinski definition) is 2. The van der Waals surface area contributed by atoms with E-state index in [4.69, 9.17) is 0 Å².